The van der Waals surface area contributed by atoms with Gasteiger partial charge in [-0.15, -0.1) is 0 Å². The Balaban J connectivity index is 2.13. The molecule has 0 atom stereocenters. The van der Waals surface area contributed by atoms with Gasteiger partial charge in [0.2, 0.25) is 5.91 Å². The zero-order valence-electron chi connectivity index (χ0n) is 11.9. The van der Waals surface area contributed by atoms with Crippen LogP contribution in [0.5, 0.6) is 0 Å². The van der Waals surface area contributed by atoms with Crippen molar-refractivity contribution in [1.29, 1.82) is 0 Å². The molecular formula is C15H21N3O2. The summed E-state index contributed by atoms with van der Waals surface area (Å²) in [6.07, 6.45) is 2.18. The van der Waals surface area contributed by atoms with Crippen LogP contribution in [0.25, 0.3) is 0 Å². The summed E-state index contributed by atoms with van der Waals surface area (Å²) < 4.78 is 0. The number of amides is 1. The first-order valence-electron chi connectivity index (χ1n) is 6.90. The van der Waals surface area contributed by atoms with E-state index < -0.39 is 5.41 Å². The van der Waals surface area contributed by atoms with Crippen molar-refractivity contribution in [2.45, 2.75) is 33.1 Å². The highest BCUT2D eigenvalue weighted by atomic mass is 16.4. The van der Waals surface area contributed by atoms with Crippen molar-refractivity contribution in [2.75, 3.05) is 5.32 Å². The lowest BCUT2D eigenvalue weighted by Gasteiger charge is -2.43. The zero-order valence-corrected chi connectivity index (χ0v) is 11.9. The second kappa shape index (κ2) is 5.53. The first-order chi connectivity index (χ1) is 9.51. The average molecular weight is 275 g/mol. The molecule has 20 heavy (non-hydrogen) atoms. The molecule has 1 aliphatic rings. The molecule has 1 aliphatic carbocycles. The Labute approximate surface area is 118 Å². The Hall–Kier alpha value is -2.04. The van der Waals surface area contributed by atoms with Gasteiger partial charge >= 0.3 is 0 Å². The fourth-order valence-electron chi connectivity index (χ4n) is 2.81. The summed E-state index contributed by atoms with van der Waals surface area (Å²) in [6, 6.07) is 7.71. The number of anilines is 1. The smallest absolute Gasteiger partial charge is 0.238 e. The minimum Gasteiger partial charge on any atom is -0.409 e. The van der Waals surface area contributed by atoms with Crippen molar-refractivity contribution in [3.8, 4) is 0 Å². The maximum atomic E-state index is 12.4. The van der Waals surface area contributed by atoms with E-state index in [0.29, 0.717) is 18.8 Å². The minimum atomic E-state index is -0.863. The number of carbonyl (C=O) groups excluding carboxylic acids is 1. The number of nitrogens with zero attached hydrogens (tertiary/aromatic N) is 1. The Bertz CT molecular complexity index is 516. The third-order valence-corrected chi connectivity index (χ3v) is 4.05. The Morgan fingerprint density at radius 1 is 1.45 bits per heavy atom. The summed E-state index contributed by atoms with van der Waals surface area (Å²) in [4.78, 5) is 12.4. The van der Waals surface area contributed by atoms with Crippen LogP contribution in [0, 0.1) is 11.3 Å². The van der Waals surface area contributed by atoms with E-state index in [9.17, 15) is 4.79 Å². The molecule has 0 aromatic heterocycles. The number of nitrogens with one attached hydrogen (secondary N) is 1. The van der Waals surface area contributed by atoms with Gasteiger partial charge in [-0.1, -0.05) is 31.1 Å². The number of oxime groups is 1. The van der Waals surface area contributed by atoms with Crippen LogP contribution in [0.4, 0.5) is 5.69 Å². The van der Waals surface area contributed by atoms with Gasteiger partial charge in [-0.2, -0.15) is 0 Å². The van der Waals surface area contributed by atoms with Gasteiger partial charge in [0.05, 0.1) is 0 Å². The number of hydrogen-bond donors (Lipinski definition) is 3. The highest BCUT2D eigenvalue weighted by Crippen LogP contribution is 2.46. The first-order valence-corrected chi connectivity index (χ1v) is 6.90. The average Bonchev–Trinajstić information content (AvgIpc) is 2.43. The normalized spacial score (nSPS) is 25.9. The lowest BCUT2D eigenvalue weighted by atomic mass is 9.61. The summed E-state index contributed by atoms with van der Waals surface area (Å²) in [5, 5.41) is 14.8. The highest BCUT2D eigenvalue weighted by Gasteiger charge is 2.52. The fraction of sp³-hybridized carbons (Fsp3) is 0.467. The van der Waals surface area contributed by atoms with Gasteiger partial charge in [0.1, 0.15) is 5.41 Å². The number of rotatable bonds is 4. The summed E-state index contributed by atoms with van der Waals surface area (Å²) in [5.74, 6) is 0.206. The third kappa shape index (κ3) is 2.48. The monoisotopic (exact) mass is 275 g/mol. The lowest BCUT2D eigenvalue weighted by molar-refractivity contribution is -0.127. The van der Waals surface area contributed by atoms with Crippen molar-refractivity contribution in [2.24, 2.45) is 22.2 Å². The molecule has 5 nitrogen and oxygen atoms in total. The molecule has 0 radical (unpaired) electrons. The van der Waals surface area contributed by atoms with Gasteiger partial charge in [0.15, 0.2) is 5.84 Å². The van der Waals surface area contributed by atoms with Gasteiger partial charge in [-0.25, -0.2) is 0 Å². The molecule has 1 aromatic rings. The summed E-state index contributed by atoms with van der Waals surface area (Å²) >= 11 is 0. The number of carbonyl (C=O) groups is 1. The standard InChI is InChI=1S/C15H21N3O2/c1-3-11-4-6-12(7-5-11)17-14(19)15(13(16)18-20)8-10(2)9-15/h4-7,10,20H,3,8-9H2,1-2H3,(H2,16,18)(H,17,19). The van der Waals surface area contributed by atoms with Crippen LogP contribution in [-0.4, -0.2) is 17.0 Å². The first kappa shape index (κ1) is 14.4. The van der Waals surface area contributed by atoms with E-state index in [1.165, 1.54) is 5.56 Å². The molecule has 1 saturated carbocycles. The highest BCUT2D eigenvalue weighted by molar-refractivity contribution is 6.12. The summed E-state index contributed by atoms with van der Waals surface area (Å²) in [5.41, 5.74) is 6.80. The van der Waals surface area contributed by atoms with E-state index in [0.717, 1.165) is 12.1 Å². The minimum absolute atomic E-state index is 0.00159. The lowest BCUT2D eigenvalue weighted by Crippen LogP contribution is -2.54. The molecule has 0 aliphatic heterocycles. The van der Waals surface area contributed by atoms with Gasteiger partial charge in [-0.3, -0.25) is 4.79 Å². The molecule has 5 heteroatoms. The van der Waals surface area contributed by atoms with E-state index in [2.05, 4.69) is 17.4 Å². The van der Waals surface area contributed by atoms with Crippen LogP contribution in [0.15, 0.2) is 29.4 Å². The molecule has 108 valence electrons. The number of hydrogen-bond acceptors (Lipinski definition) is 3. The molecule has 1 aromatic carbocycles. The van der Waals surface area contributed by atoms with Crippen molar-refractivity contribution in [3.05, 3.63) is 29.8 Å². The molecule has 0 heterocycles. The topological polar surface area (TPSA) is 87.7 Å². The van der Waals surface area contributed by atoms with Crippen LogP contribution in [0.3, 0.4) is 0 Å². The third-order valence-electron chi connectivity index (χ3n) is 4.05. The number of amidine groups is 1. The Kier molecular flexibility index (Phi) is 3.97. The molecule has 1 amide bonds. The van der Waals surface area contributed by atoms with Gasteiger partial charge in [-0.05, 0) is 42.9 Å². The van der Waals surface area contributed by atoms with Gasteiger partial charge in [0.25, 0.3) is 0 Å². The van der Waals surface area contributed by atoms with Crippen molar-refractivity contribution < 1.29 is 10.0 Å². The molecule has 0 saturated heterocycles. The molecule has 0 bridgehead atoms. The Morgan fingerprint density at radius 2 is 2.05 bits per heavy atom. The van der Waals surface area contributed by atoms with E-state index in [4.69, 9.17) is 10.9 Å². The molecule has 4 N–H and O–H groups in total. The molecule has 0 unspecified atom stereocenters. The maximum absolute atomic E-state index is 12.4. The quantitative estimate of drug-likeness (QED) is 0.341. The van der Waals surface area contributed by atoms with E-state index in [1.54, 1.807) is 0 Å². The predicted molar refractivity (Wildman–Crippen MR) is 78.7 cm³/mol. The van der Waals surface area contributed by atoms with E-state index in [-0.39, 0.29) is 11.7 Å². The SMILES string of the molecule is CCc1ccc(NC(=O)C2(/C(N)=N/O)CC(C)C2)cc1. The molecular weight excluding hydrogens is 254 g/mol. The molecule has 0 spiro atoms. The summed E-state index contributed by atoms with van der Waals surface area (Å²) in [7, 11) is 0. The van der Waals surface area contributed by atoms with Crippen molar-refractivity contribution >= 4 is 17.4 Å². The predicted octanol–water partition coefficient (Wildman–Crippen LogP) is 2.35. The van der Waals surface area contributed by atoms with Crippen LogP contribution in [0.2, 0.25) is 0 Å². The second-order valence-electron chi connectivity index (χ2n) is 5.59. The van der Waals surface area contributed by atoms with Crippen molar-refractivity contribution in [3.63, 3.8) is 0 Å². The van der Waals surface area contributed by atoms with Gasteiger partial charge < -0.3 is 16.3 Å². The van der Waals surface area contributed by atoms with Crippen molar-refractivity contribution in [1.82, 2.24) is 0 Å². The zero-order chi connectivity index (χ0) is 14.8. The summed E-state index contributed by atoms with van der Waals surface area (Å²) in [6.45, 7) is 4.13. The van der Waals surface area contributed by atoms with Crippen LogP contribution < -0.4 is 11.1 Å². The van der Waals surface area contributed by atoms with Crippen LogP contribution in [-0.2, 0) is 11.2 Å². The molecule has 2 rings (SSSR count). The van der Waals surface area contributed by atoms with E-state index >= 15 is 0 Å². The maximum Gasteiger partial charge on any atom is 0.238 e. The van der Waals surface area contributed by atoms with Crippen LogP contribution >= 0.6 is 0 Å². The second-order valence-corrected chi connectivity index (χ2v) is 5.59. The molecule has 1 fully saturated rings. The van der Waals surface area contributed by atoms with Gasteiger partial charge in [0, 0.05) is 5.69 Å². The number of aryl methyl sites for hydroxylation is 1. The Morgan fingerprint density at radius 3 is 2.50 bits per heavy atom. The number of nitrogens with two attached hydrogens (primary N) is 1. The van der Waals surface area contributed by atoms with Crippen LogP contribution in [0.1, 0.15) is 32.3 Å². The van der Waals surface area contributed by atoms with E-state index in [1.807, 2.05) is 31.2 Å². The number of benzene rings is 1. The largest absolute Gasteiger partial charge is 0.409 e. The fourth-order valence-corrected chi connectivity index (χ4v) is 2.81.